The molecule has 0 unspecified atom stereocenters. The number of aromatic amines is 1. The van der Waals surface area contributed by atoms with Crippen LogP contribution in [0.5, 0.6) is 0 Å². The fourth-order valence-corrected chi connectivity index (χ4v) is 2.56. The Balaban J connectivity index is 1.78. The van der Waals surface area contributed by atoms with Crippen molar-refractivity contribution in [2.45, 2.75) is 0 Å². The molecule has 1 aliphatic rings. The van der Waals surface area contributed by atoms with Gasteiger partial charge in [-0.25, -0.2) is 20.0 Å². The Bertz CT molecular complexity index is 753. The number of anilines is 2. The van der Waals surface area contributed by atoms with E-state index in [-0.39, 0.29) is 0 Å². The maximum Gasteiger partial charge on any atom is 0.247 e. The molecule has 7 heteroatoms. The van der Waals surface area contributed by atoms with Crippen molar-refractivity contribution in [3.05, 3.63) is 42.9 Å². The fraction of sp³-hybridized carbons (Fsp3) is 0.267. The third-order valence-corrected chi connectivity index (χ3v) is 3.62. The monoisotopic (exact) mass is 296 g/mol. The predicted octanol–water partition coefficient (Wildman–Crippen LogP) is 1.74. The molecule has 0 spiro atoms. The summed E-state index contributed by atoms with van der Waals surface area (Å²) in [5, 5.41) is 4.24. The van der Waals surface area contributed by atoms with E-state index in [2.05, 4.69) is 24.9 Å². The summed E-state index contributed by atoms with van der Waals surface area (Å²) < 4.78 is 5.45. The molecule has 3 aromatic rings. The van der Waals surface area contributed by atoms with Crippen LogP contribution in [0.25, 0.3) is 11.2 Å². The molecule has 1 N–H and O–H groups in total. The Morgan fingerprint density at radius 1 is 1.09 bits per heavy atom. The largest absolute Gasteiger partial charge is 0.379 e. The van der Waals surface area contributed by atoms with Gasteiger partial charge in [-0.3, -0.25) is 0 Å². The molecular weight excluding hydrogens is 280 g/mol. The van der Waals surface area contributed by atoms with E-state index in [1.54, 1.807) is 12.5 Å². The number of hydrogen-bond donors (Lipinski definition) is 1. The number of nitrogens with one attached hydrogen (secondary N) is 1. The van der Waals surface area contributed by atoms with E-state index in [0.717, 1.165) is 24.3 Å². The van der Waals surface area contributed by atoms with Crippen LogP contribution < -0.4 is 5.01 Å². The second kappa shape index (κ2) is 5.70. The average Bonchev–Trinajstić information content (AvgIpc) is 3.05. The number of hydrogen-bond acceptors (Lipinski definition) is 6. The number of fused-ring (bicyclic) bond motifs is 1. The maximum absolute atomic E-state index is 5.45. The number of imidazole rings is 1. The molecule has 7 nitrogen and oxygen atoms in total. The molecule has 0 bridgehead atoms. The highest BCUT2D eigenvalue weighted by Crippen LogP contribution is 2.25. The van der Waals surface area contributed by atoms with E-state index >= 15 is 0 Å². The summed E-state index contributed by atoms with van der Waals surface area (Å²) in [6, 6.07) is 10.1. The van der Waals surface area contributed by atoms with Gasteiger partial charge < -0.3 is 9.72 Å². The average molecular weight is 296 g/mol. The van der Waals surface area contributed by atoms with Crippen LogP contribution >= 0.6 is 0 Å². The zero-order valence-corrected chi connectivity index (χ0v) is 12.0. The SMILES string of the molecule is c1ccc(N(c2ncc3[nH]cnc3n2)N2CCOCC2)cc1. The van der Waals surface area contributed by atoms with Gasteiger partial charge in [0.15, 0.2) is 5.65 Å². The van der Waals surface area contributed by atoms with Gasteiger partial charge in [0, 0.05) is 13.1 Å². The molecule has 0 radical (unpaired) electrons. The topological polar surface area (TPSA) is 70.2 Å². The van der Waals surface area contributed by atoms with E-state index in [9.17, 15) is 0 Å². The Kier molecular flexibility index (Phi) is 3.42. The number of ether oxygens (including phenoxy) is 1. The van der Waals surface area contributed by atoms with Gasteiger partial charge in [0.1, 0.15) is 5.52 Å². The van der Waals surface area contributed by atoms with Gasteiger partial charge in [0.05, 0.1) is 31.4 Å². The van der Waals surface area contributed by atoms with Crippen LogP contribution in [0.3, 0.4) is 0 Å². The molecule has 2 aromatic heterocycles. The summed E-state index contributed by atoms with van der Waals surface area (Å²) >= 11 is 0. The number of benzene rings is 1. The molecule has 112 valence electrons. The van der Waals surface area contributed by atoms with Crippen molar-refractivity contribution in [3.8, 4) is 0 Å². The van der Waals surface area contributed by atoms with Gasteiger partial charge in [-0.15, -0.1) is 0 Å². The molecule has 22 heavy (non-hydrogen) atoms. The molecular formula is C15H16N6O. The van der Waals surface area contributed by atoms with Crippen LogP contribution in [-0.2, 0) is 4.74 Å². The number of rotatable bonds is 3. The zero-order chi connectivity index (χ0) is 14.8. The first-order valence-electron chi connectivity index (χ1n) is 7.26. The van der Waals surface area contributed by atoms with Crippen LogP contribution in [0.1, 0.15) is 0 Å². The number of morpholine rings is 1. The van der Waals surface area contributed by atoms with E-state index < -0.39 is 0 Å². The van der Waals surface area contributed by atoms with Crippen LogP contribution in [-0.4, -0.2) is 51.2 Å². The first kappa shape index (κ1) is 13.2. The van der Waals surface area contributed by atoms with Gasteiger partial charge in [0.2, 0.25) is 5.95 Å². The maximum atomic E-state index is 5.45. The summed E-state index contributed by atoms with van der Waals surface area (Å²) in [4.78, 5) is 16.3. The first-order valence-corrected chi connectivity index (χ1v) is 7.26. The Labute approximate surface area is 127 Å². The van der Waals surface area contributed by atoms with Crippen molar-refractivity contribution in [2.24, 2.45) is 0 Å². The van der Waals surface area contributed by atoms with Gasteiger partial charge >= 0.3 is 0 Å². The highest BCUT2D eigenvalue weighted by atomic mass is 16.5. The van der Waals surface area contributed by atoms with Crippen molar-refractivity contribution in [3.63, 3.8) is 0 Å². The molecule has 0 saturated carbocycles. The second-order valence-corrected chi connectivity index (χ2v) is 5.02. The van der Waals surface area contributed by atoms with Crippen molar-refractivity contribution in [1.29, 1.82) is 0 Å². The summed E-state index contributed by atoms with van der Waals surface area (Å²) in [6.45, 7) is 3.01. The number of nitrogens with zero attached hydrogens (tertiary/aromatic N) is 5. The number of aromatic nitrogens is 4. The molecule has 1 fully saturated rings. The minimum atomic E-state index is 0.618. The zero-order valence-electron chi connectivity index (χ0n) is 12.0. The lowest BCUT2D eigenvalue weighted by Crippen LogP contribution is -2.47. The quantitative estimate of drug-likeness (QED) is 0.794. The lowest BCUT2D eigenvalue weighted by molar-refractivity contribution is 0.0372. The van der Waals surface area contributed by atoms with Crippen LogP contribution in [0, 0.1) is 0 Å². The van der Waals surface area contributed by atoms with Crippen molar-refractivity contribution < 1.29 is 4.74 Å². The van der Waals surface area contributed by atoms with E-state index in [1.165, 1.54) is 0 Å². The number of H-pyrrole nitrogens is 1. The summed E-state index contributed by atoms with van der Waals surface area (Å²) in [5.41, 5.74) is 2.53. The van der Waals surface area contributed by atoms with Gasteiger partial charge in [-0.2, -0.15) is 4.98 Å². The van der Waals surface area contributed by atoms with E-state index in [0.29, 0.717) is 24.8 Å². The third kappa shape index (κ3) is 2.40. The lowest BCUT2D eigenvalue weighted by atomic mass is 10.3. The molecule has 1 aliphatic heterocycles. The lowest BCUT2D eigenvalue weighted by Gasteiger charge is -2.37. The standard InChI is InChI=1S/C15H16N6O/c1-2-4-12(5-3-1)21(20-6-8-22-9-7-20)15-16-10-13-14(19-15)18-11-17-13/h1-5,10-11H,6-9H2,(H,16,17,18,19). The summed E-state index contributed by atoms with van der Waals surface area (Å²) in [6.07, 6.45) is 3.39. The molecule has 0 amide bonds. The second-order valence-electron chi connectivity index (χ2n) is 5.02. The molecule has 4 rings (SSSR count). The highest BCUT2D eigenvalue weighted by molar-refractivity contribution is 5.71. The first-order chi connectivity index (χ1) is 10.9. The molecule has 0 atom stereocenters. The Morgan fingerprint density at radius 2 is 1.91 bits per heavy atom. The van der Waals surface area contributed by atoms with Crippen molar-refractivity contribution >= 4 is 22.8 Å². The Hall–Kier alpha value is -2.51. The normalized spacial score (nSPS) is 16.0. The van der Waals surface area contributed by atoms with E-state index in [4.69, 9.17) is 4.74 Å². The molecule has 1 saturated heterocycles. The fourth-order valence-electron chi connectivity index (χ4n) is 2.56. The molecule has 0 aliphatic carbocycles. The number of hydrazine groups is 1. The molecule has 1 aromatic carbocycles. The van der Waals surface area contributed by atoms with E-state index in [1.807, 2.05) is 35.3 Å². The van der Waals surface area contributed by atoms with Gasteiger partial charge in [-0.1, -0.05) is 18.2 Å². The molecule has 3 heterocycles. The third-order valence-electron chi connectivity index (χ3n) is 3.62. The number of para-hydroxylation sites is 1. The van der Waals surface area contributed by atoms with Crippen molar-refractivity contribution in [1.82, 2.24) is 24.9 Å². The van der Waals surface area contributed by atoms with Crippen LogP contribution in [0.4, 0.5) is 11.6 Å². The van der Waals surface area contributed by atoms with Crippen LogP contribution in [0.15, 0.2) is 42.9 Å². The minimum absolute atomic E-state index is 0.618. The smallest absolute Gasteiger partial charge is 0.247 e. The highest BCUT2D eigenvalue weighted by Gasteiger charge is 2.23. The summed E-state index contributed by atoms with van der Waals surface area (Å²) in [5.74, 6) is 0.618. The Morgan fingerprint density at radius 3 is 2.73 bits per heavy atom. The van der Waals surface area contributed by atoms with Gasteiger partial charge in [0.25, 0.3) is 0 Å². The minimum Gasteiger partial charge on any atom is -0.379 e. The van der Waals surface area contributed by atoms with Gasteiger partial charge in [-0.05, 0) is 12.1 Å². The summed E-state index contributed by atoms with van der Waals surface area (Å²) in [7, 11) is 0. The van der Waals surface area contributed by atoms with Crippen LogP contribution in [0.2, 0.25) is 0 Å². The van der Waals surface area contributed by atoms with Crippen molar-refractivity contribution in [2.75, 3.05) is 31.3 Å². The predicted molar refractivity (Wildman–Crippen MR) is 82.7 cm³/mol.